The van der Waals surface area contributed by atoms with Crippen molar-refractivity contribution in [3.8, 4) is 11.1 Å². The Morgan fingerprint density at radius 3 is 2.03 bits per heavy atom. The van der Waals surface area contributed by atoms with Gasteiger partial charge in [0.05, 0.1) is 5.56 Å². The van der Waals surface area contributed by atoms with E-state index in [4.69, 9.17) is 0 Å². The van der Waals surface area contributed by atoms with Gasteiger partial charge in [0.2, 0.25) is 0 Å². The largest absolute Gasteiger partial charge is 0.478 e. The fourth-order valence-corrected chi connectivity index (χ4v) is 3.91. The Kier molecular flexibility index (Phi) is 8.49. The number of aryl methyl sites for hydroxylation is 1. The zero-order valence-electron chi connectivity index (χ0n) is 20.8. The molecule has 0 bridgehead atoms. The molecule has 34 heavy (non-hydrogen) atoms. The lowest BCUT2D eigenvalue weighted by Crippen LogP contribution is -2.27. The number of hydrogen-bond donors (Lipinski definition) is 1. The summed E-state index contributed by atoms with van der Waals surface area (Å²) in [6.45, 7) is 10.1. The first-order valence-electron chi connectivity index (χ1n) is 12.1. The van der Waals surface area contributed by atoms with Crippen LogP contribution in [0.1, 0.15) is 68.4 Å². The van der Waals surface area contributed by atoms with Crippen molar-refractivity contribution >= 4 is 11.7 Å². The number of carbonyl (C=O) groups is 1. The molecule has 3 aromatic rings. The van der Waals surface area contributed by atoms with Gasteiger partial charge in [-0.25, -0.2) is 9.18 Å². The predicted molar refractivity (Wildman–Crippen MR) is 139 cm³/mol. The van der Waals surface area contributed by atoms with Crippen molar-refractivity contribution in [3.63, 3.8) is 0 Å². The molecule has 0 atom stereocenters. The Morgan fingerprint density at radius 2 is 1.50 bits per heavy atom. The van der Waals surface area contributed by atoms with E-state index in [0.29, 0.717) is 6.54 Å². The molecule has 0 radical (unpaired) electrons. The number of nitrogens with zero attached hydrogens (tertiary/aromatic N) is 1. The third-order valence-corrected chi connectivity index (χ3v) is 6.11. The van der Waals surface area contributed by atoms with Crippen LogP contribution in [0.15, 0.2) is 66.7 Å². The molecule has 3 rings (SSSR count). The summed E-state index contributed by atoms with van der Waals surface area (Å²) in [7, 11) is 0. The number of anilines is 1. The lowest BCUT2D eigenvalue weighted by atomic mass is 9.92. The number of hydrogen-bond acceptors (Lipinski definition) is 2. The third kappa shape index (κ3) is 7.18. The van der Waals surface area contributed by atoms with E-state index >= 15 is 0 Å². The molecular formula is C30H36FNO2. The zero-order chi connectivity index (χ0) is 24.7. The van der Waals surface area contributed by atoms with Crippen LogP contribution in [0.5, 0.6) is 0 Å². The first-order chi connectivity index (χ1) is 16.2. The molecule has 0 aliphatic carbocycles. The molecule has 3 aromatic carbocycles. The summed E-state index contributed by atoms with van der Waals surface area (Å²) in [5.74, 6) is -1.96. The quantitative estimate of drug-likeness (QED) is 0.333. The van der Waals surface area contributed by atoms with Crippen LogP contribution in [-0.4, -0.2) is 17.6 Å². The highest BCUT2D eigenvalue weighted by Crippen LogP contribution is 2.27. The Hall–Kier alpha value is -3.14. The molecule has 0 fully saturated rings. The van der Waals surface area contributed by atoms with E-state index in [2.05, 4.69) is 81.1 Å². The highest BCUT2D eigenvalue weighted by atomic mass is 19.1. The van der Waals surface area contributed by atoms with Crippen LogP contribution < -0.4 is 4.90 Å². The zero-order valence-corrected chi connectivity index (χ0v) is 20.8. The second-order valence-corrected chi connectivity index (χ2v) is 10.2. The number of halogens is 1. The van der Waals surface area contributed by atoms with E-state index in [1.165, 1.54) is 41.7 Å². The van der Waals surface area contributed by atoms with Crippen molar-refractivity contribution in [2.75, 3.05) is 11.4 Å². The van der Waals surface area contributed by atoms with E-state index in [1.807, 2.05) is 0 Å². The van der Waals surface area contributed by atoms with Gasteiger partial charge in [0, 0.05) is 18.8 Å². The van der Waals surface area contributed by atoms with Gasteiger partial charge in [0.15, 0.2) is 0 Å². The summed E-state index contributed by atoms with van der Waals surface area (Å²) in [5.41, 5.74) is 5.41. The predicted octanol–water partition coefficient (Wildman–Crippen LogP) is 7.98. The molecule has 1 N–H and O–H groups in total. The summed E-state index contributed by atoms with van der Waals surface area (Å²) in [4.78, 5) is 13.6. The number of benzene rings is 3. The SMILES string of the molecule is CCCCc1ccc(-c2ccc(CN(CCC(C)(C)C)c3ccc(F)c(C(=O)O)c3)cc2)cc1. The molecule has 0 aliphatic rings. The number of unbranched alkanes of at least 4 members (excludes halogenated alkanes) is 1. The number of carboxylic acids is 1. The molecule has 180 valence electrons. The maximum Gasteiger partial charge on any atom is 0.338 e. The van der Waals surface area contributed by atoms with Crippen LogP contribution >= 0.6 is 0 Å². The summed E-state index contributed by atoms with van der Waals surface area (Å²) in [5, 5.41) is 9.36. The molecule has 0 unspecified atom stereocenters. The topological polar surface area (TPSA) is 40.5 Å². The van der Waals surface area contributed by atoms with Gasteiger partial charge >= 0.3 is 5.97 Å². The van der Waals surface area contributed by atoms with Crippen molar-refractivity contribution in [2.45, 2.75) is 59.9 Å². The van der Waals surface area contributed by atoms with Gasteiger partial charge in [-0.3, -0.25) is 0 Å². The Labute approximate surface area is 203 Å². The molecule has 0 spiro atoms. The van der Waals surface area contributed by atoms with E-state index in [-0.39, 0.29) is 11.0 Å². The molecule has 0 saturated carbocycles. The fourth-order valence-electron chi connectivity index (χ4n) is 3.91. The first-order valence-corrected chi connectivity index (χ1v) is 12.1. The van der Waals surface area contributed by atoms with E-state index in [9.17, 15) is 14.3 Å². The van der Waals surface area contributed by atoms with Crippen LogP contribution in [0.25, 0.3) is 11.1 Å². The van der Waals surface area contributed by atoms with Gasteiger partial charge in [-0.2, -0.15) is 0 Å². The lowest BCUT2D eigenvalue weighted by molar-refractivity contribution is 0.0692. The van der Waals surface area contributed by atoms with E-state index in [1.54, 1.807) is 6.07 Å². The van der Waals surface area contributed by atoms with Crippen LogP contribution in [0.4, 0.5) is 10.1 Å². The van der Waals surface area contributed by atoms with Gasteiger partial charge in [0.25, 0.3) is 0 Å². The maximum atomic E-state index is 14.0. The van der Waals surface area contributed by atoms with E-state index < -0.39 is 11.8 Å². The average Bonchev–Trinajstić information content (AvgIpc) is 2.81. The van der Waals surface area contributed by atoms with Crippen LogP contribution in [-0.2, 0) is 13.0 Å². The third-order valence-electron chi connectivity index (χ3n) is 6.11. The summed E-state index contributed by atoms with van der Waals surface area (Å²) in [6.07, 6.45) is 4.45. The first kappa shape index (κ1) is 25.5. The summed E-state index contributed by atoms with van der Waals surface area (Å²) >= 11 is 0. The van der Waals surface area contributed by atoms with Crippen molar-refractivity contribution < 1.29 is 14.3 Å². The average molecular weight is 462 g/mol. The van der Waals surface area contributed by atoms with Crippen molar-refractivity contribution in [1.82, 2.24) is 0 Å². The van der Waals surface area contributed by atoms with Gasteiger partial charge < -0.3 is 10.0 Å². The summed E-state index contributed by atoms with van der Waals surface area (Å²) in [6, 6.07) is 21.6. The molecule has 0 aromatic heterocycles. The lowest BCUT2D eigenvalue weighted by Gasteiger charge is -2.29. The minimum absolute atomic E-state index is 0.126. The van der Waals surface area contributed by atoms with Crippen molar-refractivity contribution in [2.24, 2.45) is 5.41 Å². The van der Waals surface area contributed by atoms with Crippen molar-refractivity contribution in [1.29, 1.82) is 0 Å². The van der Waals surface area contributed by atoms with Gasteiger partial charge in [-0.05, 0) is 65.1 Å². The monoisotopic (exact) mass is 461 g/mol. The minimum Gasteiger partial charge on any atom is -0.478 e. The van der Waals surface area contributed by atoms with Crippen LogP contribution in [0.3, 0.4) is 0 Å². The Morgan fingerprint density at radius 1 is 0.912 bits per heavy atom. The molecule has 3 nitrogen and oxygen atoms in total. The van der Waals surface area contributed by atoms with Crippen molar-refractivity contribution in [3.05, 3.63) is 89.2 Å². The fraction of sp³-hybridized carbons (Fsp3) is 0.367. The van der Waals surface area contributed by atoms with Crippen LogP contribution in [0, 0.1) is 11.2 Å². The van der Waals surface area contributed by atoms with Gasteiger partial charge in [0.1, 0.15) is 5.82 Å². The molecule has 0 aliphatic heterocycles. The standard InChI is InChI=1S/C30H36FNO2/c1-5-6-7-22-8-12-24(13-9-22)25-14-10-23(11-15-25)21-32(19-18-30(2,3)4)26-16-17-28(31)27(20-26)29(33)34/h8-17,20H,5-7,18-19,21H2,1-4H3,(H,33,34). The molecular weight excluding hydrogens is 425 g/mol. The van der Waals surface area contributed by atoms with Gasteiger partial charge in [-0.15, -0.1) is 0 Å². The van der Waals surface area contributed by atoms with E-state index in [0.717, 1.165) is 30.6 Å². The maximum absolute atomic E-state index is 14.0. The molecule has 0 saturated heterocycles. The Bertz CT molecular complexity index is 1080. The molecule has 0 amide bonds. The second kappa shape index (κ2) is 11.3. The smallest absolute Gasteiger partial charge is 0.338 e. The molecule has 0 heterocycles. The highest BCUT2D eigenvalue weighted by Gasteiger charge is 2.18. The van der Waals surface area contributed by atoms with Crippen LogP contribution in [0.2, 0.25) is 0 Å². The number of rotatable bonds is 10. The minimum atomic E-state index is -1.25. The normalized spacial score (nSPS) is 11.4. The molecule has 4 heteroatoms. The summed E-state index contributed by atoms with van der Waals surface area (Å²) < 4.78 is 14.0. The van der Waals surface area contributed by atoms with Gasteiger partial charge in [-0.1, -0.05) is 82.6 Å². The Balaban J connectivity index is 1.79. The second-order valence-electron chi connectivity index (χ2n) is 10.2. The number of aromatic carboxylic acids is 1. The highest BCUT2D eigenvalue weighted by molar-refractivity contribution is 5.89. The number of carboxylic acid groups (broad SMARTS) is 1.